The Balaban J connectivity index is 1.46. The fraction of sp³-hybridized carbons (Fsp3) is 0.190. The Morgan fingerprint density at radius 2 is 2.03 bits per heavy atom. The summed E-state index contributed by atoms with van der Waals surface area (Å²) in [6, 6.07) is 10.4. The third-order valence-corrected chi connectivity index (χ3v) is 5.79. The minimum atomic E-state index is -0.529. The number of imide groups is 1. The number of fused-ring (bicyclic) bond motifs is 1. The second-order valence-electron chi connectivity index (χ2n) is 6.50. The molecular weight excluding hydrogens is 488 g/mol. The highest BCUT2D eigenvalue weighted by molar-refractivity contribution is 9.10. The SMILES string of the molecule is CCOc1ccc(Br)cc1/C=C1/SC(=O)N(CC(=O)Nc2ccc3c(c2)OCO3)C1=O. The fourth-order valence-corrected chi connectivity index (χ4v) is 4.22. The molecule has 2 aliphatic rings. The predicted molar refractivity (Wildman–Crippen MR) is 119 cm³/mol. The Morgan fingerprint density at radius 3 is 2.84 bits per heavy atom. The maximum absolute atomic E-state index is 12.8. The van der Waals surface area contributed by atoms with Gasteiger partial charge in [-0.15, -0.1) is 0 Å². The monoisotopic (exact) mass is 504 g/mol. The third-order valence-electron chi connectivity index (χ3n) is 4.39. The molecule has 3 amide bonds. The van der Waals surface area contributed by atoms with E-state index in [4.69, 9.17) is 14.2 Å². The summed E-state index contributed by atoms with van der Waals surface area (Å²) in [7, 11) is 0. The number of thioether (sulfide) groups is 1. The molecule has 4 rings (SSSR count). The molecule has 1 saturated heterocycles. The molecule has 0 aliphatic carbocycles. The highest BCUT2D eigenvalue weighted by atomic mass is 79.9. The largest absolute Gasteiger partial charge is 0.493 e. The Morgan fingerprint density at radius 1 is 1.23 bits per heavy atom. The van der Waals surface area contributed by atoms with Crippen LogP contribution in [-0.2, 0) is 9.59 Å². The van der Waals surface area contributed by atoms with Gasteiger partial charge in [-0.1, -0.05) is 15.9 Å². The lowest BCUT2D eigenvalue weighted by Crippen LogP contribution is -2.36. The summed E-state index contributed by atoms with van der Waals surface area (Å²) in [5.74, 6) is 0.676. The number of halogens is 1. The molecule has 1 fully saturated rings. The highest BCUT2D eigenvalue weighted by Gasteiger charge is 2.36. The summed E-state index contributed by atoms with van der Waals surface area (Å²) in [5.41, 5.74) is 1.14. The Kier molecular flexibility index (Phi) is 6.19. The lowest BCUT2D eigenvalue weighted by Gasteiger charge is -2.13. The first-order chi connectivity index (χ1) is 14.9. The molecule has 2 aliphatic heterocycles. The van der Waals surface area contributed by atoms with Crippen LogP contribution in [-0.4, -0.2) is 41.9 Å². The summed E-state index contributed by atoms with van der Waals surface area (Å²) < 4.78 is 16.9. The molecule has 1 N–H and O–H groups in total. The molecule has 0 bridgehead atoms. The van der Waals surface area contributed by atoms with Gasteiger partial charge >= 0.3 is 0 Å². The number of carbonyl (C=O) groups is 3. The van der Waals surface area contributed by atoms with Crippen molar-refractivity contribution in [3.8, 4) is 17.2 Å². The van der Waals surface area contributed by atoms with Gasteiger partial charge in [-0.25, -0.2) is 0 Å². The summed E-state index contributed by atoms with van der Waals surface area (Å²) in [4.78, 5) is 38.7. The van der Waals surface area contributed by atoms with E-state index in [0.29, 0.717) is 35.1 Å². The van der Waals surface area contributed by atoms with Crippen molar-refractivity contribution in [2.75, 3.05) is 25.3 Å². The van der Waals surface area contributed by atoms with Gasteiger partial charge in [-0.3, -0.25) is 19.3 Å². The Hall–Kier alpha value is -2.98. The predicted octanol–water partition coefficient (Wildman–Crippen LogP) is 4.25. The van der Waals surface area contributed by atoms with Crippen LogP contribution in [0.25, 0.3) is 6.08 Å². The molecule has 2 aromatic carbocycles. The number of nitrogens with zero attached hydrogens (tertiary/aromatic N) is 1. The van der Waals surface area contributed by atoms with E-state index in [-0.39, 0.29) is 11.7 Å². The van der Waals surface area contributed by atoms with Crippen LogP contribution in [0.2, 0.25) is 0 Å². The van der Waals surface area contributed by atoms with Crippen LogP contribution >= 0.6 is 27.7 Å². The molecule has 0 spiro atoms. The van der Waals surface area contributed by atoms with Gasteiger partial charge in [0, 0.05) is 21.8 Å². The number of ether oxygens (including phenoxy) is 3. The first-order valence-electron chi connectivity index (χ1n) is 9.32. The molecule has 0 atom stereocenters. The minimum absolute atomic E-state index is 0.124. The van der Waals surface area contributed by atoms with Gasteiger partial charge in [0.1, 0.15) is 12.3 Å². The lowest BCUT2D eigenvalue weighted by molar-refractivity contribution is -0.127. The number of amides is 3. The van der Waals surface area contributed by atoms with Crippen LogP contribution in [0, 0.1) is 0 Å². The van der Waals surface area contributed by atoms with Crippen molar-refractivity contribution in [1.29, 1.82) is 0 Å². The Labute approximate surface area is 190 Å². The maximum atomic E-state index is 12.8. The molecule has 10 heteroatoms. The van der Waals surface area contributed by atoms with E-state index >= 15 is 0 Å². The van der Waals surface area contributed by atoms with Gasteiger partial charge in [-0.2, -0.15) is 0 Å². The minimum Gasteiger partial charge on any atom is -0.493 e. The normalized spacial score (nSPS) is 16.2. The van der Waals surface area contributed by atoms with Gasteiger partial charge in [0.15, 0.2) is 11.5 Å². The quantitative estimate of drug-likeness (QED) is 0.587. The van der Waals surface area contributed by atoms with E-state index in [9.17, 15) is 14.4 Å². The van der Waals surface area contributed by atoms with Gasteiger partial charge in [-0.05, 0) is 55.1 Å². The maximum Gasteiger partial charge on any atom is 0.294 e. The zero-order chi connectivity index (χ0) is 22.0. The zero-order valence-electron chi connectivity index (χ0n) is 16.3. The molecule has 0 saturated carbocycles. The first-order valence-corrected chi connectivity index (χ1v) is 10.9. The van der Waals surface area contributed by atoms with Crippen molar-refractivity contribution >= 4 is 56.5 Å². The average Bonchev–Trinajstić information content (AvgIpc) is 3.30. The summed E-state index contributed by atoms with van der Waals surface area (Å²) in [6.07, 6.45) is 1.59. The van der Waals surface area contributed by atoms with Crippen molar-refractivity contribution in [1.82, 2.24) is 4.90 Å². The van der Waals surface area contributed by atoms with Crippen LogP contribution in [0.4, 0.5) is 10.5 Å². The third kappa shape index (κ3) is 4.70. The fourth-order valence-electron chi connectivity index (χ4n) is 3.02. The molecule has 2 aromatic rings. The topological polar surface area (TPSA) is 94.2 Å². The van der Waals surface area contributed by atoms with Gasteiger partial charge in [0.25, 0.3) is 11.1 Å². The van der Waals surface area contributed by atoms with Crippen LogP contribution < -0.4 is 19.5 Å². The van der Waals surface area contributed by atoms with Crippen molar-refractivity contribution in [2.45, 2.75) is 6.92 Å². The van der Waals surface area contributed by atoms with Crippen LogP contribution in [0.1, 0.15) is 12.5 Å². The number of carbonyl (C=O) groups excluding carboxylic acids is 3. The number of benzene rings is 2. The molecular formula is C21H17BrN2O6S. The molecule has 31 heavy (non-hydrogen) atoms. The number of rotatable bonds is 6. The van der Waals surface area contributed by atoms with E-state index in [1.54, 1.807) is 36.4 Å². The van der Waals surface area contributed by atoms with Crippen LogP contribution in [0.15, 0.2) is 45.8 Å². The van der Waals surface area contributed by atoms with Crippen molar-refractivity contribution in [3.05, 3.63) is 51.3 Å². The molecule has 0 radical (unpaired) electrons. The van der Waals surface area contributed by atoms with Crippen LogP contribution in [0.5, 0.6) is 17.2 Å². The first kappa shape index (κ1) is 21.3. The number of hydrogen-bond donors (Lipinski definition) is 1. The van der Waals surface area contributed by atoms with E-state index in [0.717, 1.165) is 21.1 Å². The molecule has 2 heterocycles. The second kappa shape index (κ2) is 9.03. The van der Waals surface area contributed by atoms with E-state index < -0.39 is 23.6 Å². The standard InChI is InChI=1S/C21H17BrN2O6S/c1-2-28-15-5-3-13(22)7-12(15)8-18-20(26)24(21(27)31-18)10-19(25)23-14-4-6-16-17(9-14)30-11-29-16/h3-9H,2,10-11H2,1H3,(H,23,25)/b18-8+. The Bertz CT molecular complexity index is 1100. The smallest absolute Gasteiger partial charge is 0.294 e. The lowest BCUT2D eigenvalue weighted by atomic mass is 10.2. The second-order valence-corrected chi connectivity index (χ2v) is 8.41. The zero-order valence-corrected chi connectivity index (χ0v) is 18.7. The van der Waals surface area contributed by atoms with Crippen molar-refractivity contribution in [2.24, 2.45) is 0 Å². The molecule has 0 unspecified atom stereocenters. The number of anilines is 1. The van der Waals surface area contributed by atoms with E-state index in [1.807, 2.05) is 13.0 Å². The summed E-state index contributed by atoms with van der Waals surface area (Å²) in [5, 5.41) is 2.15. The highest BCUT2D eigenvalue weighted by Crippen LogP contribution is 2.36. The van der Waals surface area contributed by atoms with E-state index in [2.05, 4.69) is 21.2 Å². The number of hydrogen-bond acceptors (Lipinski definition) is 7. The van der Waals surface area contributed by atoms with Crippen LogP contribution in [0.3, 0.4) is 0 Å². The summed E-state index contributed by atoms with van der Waals surface area (Å²) >= 11 is 4.18. The molecule has 8 nitrogen and oxygen atoms in total. The molecule has 160 valence electrons. The summed E-state index contributed by atoms with van der Waals surface area (Å²) in [6.45, 7) is 2.05. The van der Waals surface area contributed by atoms with E-state index in [1.165, 1.54) is 0 Å². The van der Waals surface area contributed by atoms with Gasteiger partial charge in [0.2, 0.25) is 12.7 Å². The van der Waals surface area contributed by atoms with Gasteiger partial charge in [0.05, 0.1) is 11.5 Å². The van der Waals surface area contributed by atoms with Crippen molar-refractivity contribution in [3.63, 3.8) is 0 Å². The average molecular weight is 505 g/mol. The van der Waals surface area contributed by atoms with Gasteiger partial charge < -0.3 is 19.5 Å². The molecule has 0 aromatic heterocycles. The van der Waals surface area contributed by atoms with Crippen molar-refractivity contribution < 1.29 is 28.6 Å². The number of nitrogens with one attached hydrogen (secondary N) is 1.